The number of ether oxygens (including phenoxy) is 3. The summed E-state index contributed by atoms with van der Waals surface area (Å²) in [7, 11) is -2.72. The van der Waals surface area contributed by atoms with Gasteiger partial charge in [-0.25, -0.2) is 24.5 Å². The zero-order valence-corrected chi connectivity index (χ0v) is 26.8. The lowest BCUT2D eigenvalue weighted by molar-refractivity contribution is -0.183. The van der Waals surface area contributed by atoms with Crippen molar-refractivity contribution in [1.29, 1.82) is 0 Å². The first kappa shape index (κ1) is 31.9. The number of aromatic nitrogens is 8. The van der Waals surface area contributed by atoms with Crippen molar-refractivity contribution in [3.8, 4) is 0 Å². The van der Waals surface area contributed by atoms with Gasteiger partial charge in [0.2, 0.25) is 13.2 Å². The zero-order valence-electron chi connectivity index (χ0n) is 23.1. The van der Waals surface area contributed by atoms with Crippen LogP contribution in [0.25, 0.3) is 22.3 Å². The van der Waals surface area contributed by atoms with E-state index in [-0.39, 0.29) is 36.1 Å². The lowest BCUT2D eigenvalue weighted by atomic mass is 10.0. The quantitative estimate of drug-likeness (QED) is 0.0778. The van der Waals surface area contributed by atoms with Gasteiger partial charge >= 0.3 is 6.80 Å². The summed E-state index contributed by atoms with van der Waals surface area (Å²) >= 11 is 7.84. The third-order valence-electron chi connectivity index (χ3n) is 7.80. The van der Waals surface area contributed by atoms with Crippen LogP contribution in [0, 0.1) is 0 Å². The number of fused-ring (bicyclic) bond motifs is 4. The lowest BCUT2D eigenvalue weighted by Crippen LogP contribution is -2.45. The van der Waals surface area contributed by atoms with Gasteiger partial charge in [0.15, 0.2) is 35.1 Å². The Morgan fingerprint density at radius 1 is 1.15 bits per heavy atom. The molecule has 7 heterocycles. The number of aromatic amines is 1. The molecule has 0 spiro atoms. The minimum absolute atomic E-state index is 0.0353. The predicted octanol–water partition coefficient (Wildman–Crippen LogP) is -0.815. The van der Waals surface area contributed by atoms with Gasteiger partial charge in [-0.3, -0.25) is 32.5 Å². The Hall–Kier alpha value is -2.66. The van der Waals surface area contributed by atoms with Crippen molar-refractivity contribution in [3.05, 3.63) is 29.3 Å². The van der Waals surface area contributed by atoms with E-state index in [0.29, 0.717) is 11.2 Å². The summed E-state index contributed by atoms with van der Waals surface area (Å²) in [5.74, 6) is -0.0733. The molecule has 0 aromatic carbocycles. The summed E-state index contributed by atoms with van der Waals surface area (Å²) in [5, 5.41) is 22.2. The molecule has 3 aliphatic rings. The largest absolute Gasteiger partial charge is 0.387 e. The van der Waals surface area contributed by atoms with E-state index >= 15 is 0 Å². The minimum atomic E-state index is -4.41. The Labute approximate surface area is 267 Å². The Morgan fingerprint density at radius 2 is 1.89 bits per heavy atom. The molecule has 46 heavy (non-hydrogen) atoms. The fourth-order valence-electron chi connectivity index (χ4n) is 5.65. The minimum Gasteiger partial charge on any atom is -0.387 e. The van der Waals surface area contributed by atoms with E-state index in [9.17, 15) is 24.1 Å². The van der Waals surface area contributed by atoms with Crippen LogP contribution in [-0.2, 0) is 36.9 Å². The number of nitrogen functional groups attached to an aromatic ring is 2. The van der Waals surface area contributed by atoms with E-state index in [0.717, 1.165) is 0 Å². The maximum absolute atomic E-state index is 13.7. The average molecular weight is 721 g/mol. The number of nitrogens with one attached hydrogen (secondary N) is 1. The monoisotopic (exact) mass is 720 g/mol. The number of hydrogen-bond donors (Lipinski definition) is 7. The van der Waals surface area contributed by atoms with Crippen LogP contribution in [0.15, 0.2) is 23.8 Å². The molecule has 0 amide bonds. The second-order valence-electron chi connectivity index (χ2n) is 10.6. The highest BCUT2D eigenvalue weighted by atomic mass is 32.7. The van der Waals surface area contributed by atoms with Crippen LogP contribution in [0.4, 0.5) is 11.8 Å². The first-order valence-electron chi connectivity index (χ1n) is 13.4. The number of hydrogen-bond acceptors (Lipinski definition) is 18. The summed E-state index contributed by atoms with van der Waals surface area (Å²) < 4.78 is 62.2. The average Bonchev–Trinajstić information content (AvgIpc) is 3.80. The van der Waals surface area contributed by atoms with Crippen molar-refractivity contribution >= 4 is 72.6 Å². The van der Waals surface area contributed by atoms with E-state index in [1.807, 2.05) is 0 Å². The summed E-state index contributed by atoms with van der Waals surface area (Å²) in [5.41, 5.74) is 9.98. The smallest absolute Gasteiger partial charge is 0.386 e. The standard InChI is InChI=1S/C21H26N10O11P2S2/c22-14-8-15(25-4-24-14)30(5-26-8)19-12-13(33)21(41-19,2-37-12)3-39-44(36,46)42-11-10(32)7(1-38-43(35)45)40-18(11)31-6-27-9-16(31)28-20(23)29-17(9)34/h4-7,10-13,18-19,32-33,43H,1-3H2,(H,35,45)(H,36,46)(H2,22,24,25)(H3,23,28,29,34)/t7-,10?,11?,12?,13?,18-,19-,21-,44?/m1/s1. The van der Waals surface area contributed by atoms with Crippen LogP contribution in [0.3, 0.4) is 0 Å². The molecule has 248 valence electrons. The van der Waals surface area contributed by atoms with Crippen LogP contribution < -0.4 is 17.0 Å². The second kappa shape index (κ2) is 11.8. The number of anilines is 2. The number of nitrogens with zero attached hydrogens (tertiary/aromatic N) is 7. The number of aliphatic hydroxyl groups excluding tert-OH is 2. The molecule has 4 aromatic rings. The van der Waals surface area contributed by atoms with Gasteiger partial charge in [0.05, 0.1) is 32.5 Å². The molecule has 0 aliphatic carbocycles. The molecule has 2 bridgehead atoms. The first-order chi connectivity index (χ1) is 21.9. The van der Waals surface area contributed by atoms with Crippen molar-refractivity contribution in [2.24, 2.45) is 0 Å². The van der Waals surface area contributed by atoms with Gasteiger partial charge in [-0.2, -0.15) is 4.98 Å². The van der Waals surface area contributed by atoms with Crippen LogP contribution in [0.5, 0.6) is 0 Å². The second-order valence-corrected chi connectivity index (χ2v) is 15.4. The number of imidazole rings is 2. The topological polar surface area (TPSA) is 289 Å². The molecular weight excluding hydrogens is 694 g/mol. The van der Waals surface area contributed by atoms with Gasteiger partial charge in [-0.1, -0.05) is 24.5 Å². The van der Waals surface area contributed by atoms with Gasteiger partial charge in [-0.05, 0) is 0 Å². The number of aliphatic hydroxyl groups is 2. The highest BCUT2D eigenvalue weighted by Crippen LogP contribution is 2.58. The molecule has 4 aromatic heterocycles. The van der Waals surface area contributed by atoms with E-state index < -0.39 is 74.8 Å². The molecule has 7 rings (SSSR count). The summed E-state index contributed by atoms with van der Waals surface area (Å²) in [4.78, 5) is 35.1. The van der Waals surface area contributed by atoms with Crippen molar-refractivity contribution in [1.82, 2.24) is 39.0 Å². The van der Waals surface area contributed by atoms with Gasteiger partial charge < -0.3 is 40.4 Å². The number of thiol groups is 2. The van der Waals surface area contributed by atoms with E-state index in [4.69, 9.17) is 39.2 Å². The molecule has 10 atom stereocenters. The molecule has 3 fully saturated rings. The van der Waals surface area contributed by atoms with Crippen LogP contribution in [0.1, 0.15) is 12.5 Å². The van der Waals surface area contributed by atoms with Crippen molar-refractivity contribution in [2.45, 2.75) is 48.6 Å². The van der Waals surface area contributed by atoms with Crippen LogP contribution in [-0.4, -0.2) is 105 Å². The van der Waals surface area contributed by atoms with Crippen LogP contribution in [0.2, 0.25) is 0 Å². The first-order valence-corrected chi connectivity index (χ1v) is 18.7. The normalized spacial score (nSPS) is 32.8. The maximum Gasteiger partial charge on any atom is 0.386 e. The number of H-pyrrole nitrogens is 1. The molecule has 7 N–H and O–H groups in total. The molecular formula is C21H26N10O11P2S2. The van der Waals surface area contributed by atoms with Crippen LogP contribution >= 0.6 is 38.5 Å². The molecule has 21 nitrogen and oxygen atoms in total. The van der Waals surface area contributed by atoms with E-state index in [1.54, 1.807) is 0 Å². The zero-order chi connectivity index (χ0) is 32.5. The summed E-state index contributed by atoms with van der Waals surface area (Å²) in [6, 6.07) is 0. The van der Waals surface area contributed by atoms with Gasteiger partial charge in [0.1, 0.15) is 48.0 Å². The fraction of sp³-hybridized carbons (Fsp3) is 0.524. The van der Waals surface area contributed by atoms with E-state index in [2.05, 4.69) is 54.4 Å². The highest BCUT2D eigenvalue weighted by molar-refractivity contribution is 8.44. The van der Waals surface area contributed by atoms with E-state index in [1.165, 1.54) is 28.1 Å². The molecule has 0 radical (unpaired) electrons. The van der Waals surface area contributed by atoms with Crippen molar-refractivity contribution in [3.63, 3.8) is 0 Å². The molecule has 3 saturated heterocycles. The molecule has 25 heteroatoms. The summed E-state index contributed by atoms with van der Waals surface area (Å²) in [6.45, 7) is -5.44. The summed E-state index contributed by atoms with van der Waals surface area (Å²) in [6.07, 6.45) is -4.70. The Bertz CT molecular complexity index is 1950. The van der Waals surface area contributed by atoms with Crippen molar-refractivity contribution < 1.29 is 47.1 Å². The Kier molecular flexibility index (Phi) is 8.18. The van der Waals surface area contributed by atoms with Gasteiger partial charge in [0.25, 0.3) is 5.56 Å². The van der Waals surface area contributed by atoms with Gasteiger partial charge in [0, 0.05) is 0 Å². The number of rotatable bonds is 10. The number of nitrogens with two attached hydrogens (primary N) is 2. The Balaban J connectivity index is 1.12. The molecule has 3 aliphatic heterocycles. The maximum atomic E-state index is 13.7. The van der Waals surface area contributed by atoms with Crippen molar-refractivity contribution in [2.75, 3.05) is 31.3 Å². The third-order valence-corrected chi connectivity index (χ3v) is 10.2. The Morgan fingerprint density at radius 3 is 2.65 bits per heavy atom. The highest BCUT2D eigenvalue weighted by Gasteiger charge is 2.63. The molecule has 6 unspecified atom stereocenters. The lowest BCUT2D eigenvalue weighted by Gasteiger charge is -2.32. The predicted molar refractivity (Wildman–Crippen MR) is 162 cm³/mol. The third kappa shape index (κ3) is 5.43. The fourth-order valence-corrected chi connectivity index (χ4v) is 7.66. The van der Waals surface area contributed by atoms with Gasteiger partial charge in [-0.15, -0.1) is 0 Å². The SMILES string of the molecule is Nc1nc2c(ncn2[C@@H]2O[C@H](CO[PH](=O)S)C(O)C2OP(=O)(S)OC[C@]23COC(C2O)[C@H](n2cnc4c(N)ncnc42)O3)c(=O)[nH]1. The molecule has 0 saturated carbocycles.